The highest BCUT2D eigenvalue weighted by Crippen LogP contribution is 2.35. The predicted molar refractivity (Wildman–Crippen MR) is 66.6 cm³/mol. The standard InChI is InChI=1S/C13H24N2O2/c1-14(2)13(17)9-15-8-4-6-11(15)10-5-3-7-12(10)16/h10-12,16H,3-9H2,1-2H3. The molecule has 3 atom stereocenters. The lowest BCUT2D eigenvalue weighted by Crippen LogP contribution is -2.44. The molecule has 0 bridgehead atoms. The van der Waals surface area contributed by atoms with Crippen LogP contribution in [0.2, 0.25) is 0 Å². The molecule has 1 amide bonds. The van der Waals surface area contributed by atoms with Gasteiger partial charge in [-0.2, -0.15) is 0 Å². The van der Waals surface area contributed by atoms with E-state index in [1.54, 1.807) is 19.0 Å². The van der Waals surface area contributed by atoms with Gasteiger partial charge < -0.3 is 10.0 Å². The first kappa shape index (κ1) is 12.8. The van der Waals surface area contributed by atoms with Crippen molar-refractivity contribution >= 4 is 5.91 Å². The first-order chi connectivity index (χ1) is 8.09. The number of aliphatic hydroxyl groups is 1. The fraction of sp³-hybridized carbons (Fsp3) is 0.923. The van der Waals surface area contributed by atoms with Gasteiger partial charge in [0.2, 0.25) is 5.91 Å². The second kappa shape index (κ2) is 5.36. The van der Waals surface area contributed by atoms with Gasteiger partial charge in [-0.1, -0.05) is 6.42 Å². The molecule has 98 valence electrons. The largest absolute Gasteiger partial charge is 0.393 e. The van der Waals surface area contributed by atoms with Gasteiger partial charge in [0.15, 0.2) is 0 Å². The molecule has 1 N–H and O–H groups in total. The number of likely N-dealkylation sites (N-methyl/N-ethyl adjacent to an activating group) is 1. The van der Waals surface area contributed by atoms with E-state index in [0.29, 0.717) is 18.5 Å². The first-order valence-electron chi connectivity index (χ1n) is 6.72. The number of carbonyl (C=O) groups excluding carboxylic acids is 1. The summed E-state index contributed by atoms with van der Waals surface area (Å²) in [6.45, 7) is 1.52. The maximum absolute atomic E-state index is 11.8. The summed E-state index contributed by atoms with van der Waals surface area (Å²) in [6.07, 6.45) is 5.36. The fourth-order valence-corrected chi connectivity index (χ4v) is 3.27. The number of hydrogen-bond donors (Lipinski definition) is 1. The number of nitrogens with zero attached hydrogens (tertiary/aromatic N) is 2. The van der Waals surface area contributed by atoms with E-state index >= 15 is 0 Å². The minimum absolute atomic E-state index is 0.143. The second-order valence-corrected chi connectivity index (χ2v) is 5.63. The van der Waals surface area contributed by atoms with E-state index in [9.17, 15) is 9.90 Å². The Bertz CT molecular complexity index is 281. The van der Waals surface area contributed by atoms with Crippen LogP contribution in [0.4, 0.5) is 0 Å². The highest BCUT2D eigenvalue weighted by atomic mass is 16.3. The summed E-state index contributed by atoms with van der Waals surface area (Å²) in [5, 5.41) is 9.99. The van der Waals surface area contributed by atoms with Crippen LogP contribution in [0.25, 0.3) is 0 Å². The molecule has 1 aliphatic carbocycles. The molecule has 0 aromatic rings. The van der Waals surface area contributed by atoms with Crippen molar-refractivity contribution < 1.29 is 9.90 Å². The molecule has 0 aromatic heterocycles. The van der Waals surface area contributed by atoms with Crippen molar-refractivity contribution in [3.05, 3.63) is 0 Å². The summed E-state index contributed by atoms with van der Waals surface area (Å²) >= 11 is 0. The number of rotatable bonds is 3. The zero-order valence-corrected chi connectivity index (χ0v) is 10.9. The van der Waals surface area contributed by atoms with Crippen molar-refractivity contribution in [2.75, 3.05) is 27.2 Å². The molecule has 3 unspecified atom stereocenters. The van der Waals surface area contributed by atoms with E-state index in [4.69, 9.17) is 0 Å². The van der Waals surface area contributed by atoms with Gasteiger partial charge in [0, 0.05) is 26.1 Å². The van der Waals surface area contributed by atoms with Crippen molar-refractivity contribution in [1.82, 2.24) is 9.80 Å². The third kappa shape index (κ3) is 2.80. The fourth-order valence-electron chi connectivity index (χ4n) is 3.27. The Morgan fingerprint density at radius 2 is 2.06 bits per heavy atom. The van der Waals surface area contributed by atoms with Crippen LogP contribution in [0.5, 0.6) is 0 Å². The van der Waals surface area contributed by atoms with E-state index in [0.717, 1.165) is 38.6 Å². The van der Waals surface area contributed by atoms with Crippen molar-refractivity contribution in [2.45, 2.75) is 44.2 Å². The zero-order chi connectivity index (χ0) is 12.4. The second-order valence-electron chi connectivity index (χ2n) is 5.63. The van der Waals surface area contributed by atoms with E-state index < -0.39 is 0 Å². The first-order valence-corrected chi connectivity index (χ1v) is 6.72. The van der Waals surface area contributed by atoms with Gasteiger partial charge in [-0.05, 0) is 32.2 Å². The van der Waals surface area contributed by atoms with Crippen molar-refractivity contribution in [3.8, 4) is 0 Å². The average Bonchev–Trinajstić information content (AvgIpc) is 2.86. The molecule has 1 saturated carbocycles. The molecule has 1 heterocycles. The summed E-state index contributed by atoms with van der Waals surface area (Å²) in [5.41, 5.74) is 0. The molecule has 2 fully saturated rings. The monoisotopic (exact) mass is 240 g/mol. The SMILES string of the molecule is CN(C)C(=O)CN1CCCC1C1CCCC1O. The highest BCUT2D eigenvalue weighted by molar-refractivity contribution is 5.77. The van der Waals surface area contributed by atoms with Crippen LogP contribution in [-0.4, -0.2) is 60.1 Å². The summed E-state index contributed by atoms with van der Waals surface area (Å²) in [5.74, 6) is 0.567. The van der Waals surface area contributed by atoms with Crippen molar-refractivity contribution in [1.29, 1.82) is 0 Å². The molecule has 2 aliphatic rings. The van der Waals surface area contributed by atoms with Crippen LogP contribution in [0, 0.1) is 5.92 Å². The lowest BCUT2D eigenvalue weighted by molar-refractivity contribution is -0.130. The maximum Gasteiger partial charge on any atom is 0.236 e. The number of hydrogen-bond acceptors (Lipinski definition) is 3. The summed E-state index contributed by atoms with van der Waals surface area (Å²) in [6, 6.07) is 0.427. The van der Waals surface area contributed by atoms with E-state index in [1.165, 1.54) is 0 Å². The smallest absolute Gasteiger partial charge is 0.236 e. The molecule has 0 spiro atoms. The van der Waals surface area contributed by atoms with Crippen LogP contribution in [-0.2, 0) is 4.79 Å². The van der Waals surface area contributed by atoms with Gasteiger partial charge >= 0.3 is 0 Å². The number of aliphatic hydroxyl groups excluding tert-OH is 1. The molecule has 2 rings (SSSR count). The lowest BCUT2D eigenvalue weighted by Gasteiger charge is -2.31. The normalized spacial score (nSPS) is 34.2. The van der Waals surface area contributed by atoms with Gasteiger partial charge in [-0.25, -0.2) is 0 Å². The van der Waals surface area contributed by atoms with Gasteiger partial charge in [0.1, 0.15) is 0 Å². The molecule has 4 nitrogen and oxygen atoms in total. The number of amides is 1. The van der Waals surface area contributed by atoms with Gasteiger partial charge in [-0.15, -0.1) is 0 Å². The third-order valence-electron chi connectivity index (χ3n) is 4.28. The van der Waals surface area contributed by atoms with Crippen molar-refractivity contribution in [3.63, 3.8) is 0 Å². The molecule has 1 aliphatic heterocycles. The van der Waals surface area contributed by atoms with E-state index in [1.807, 2.05) is 0 Å². The lowest BCUT2D eigenvalue weighted by atomic mass is 9.94. The Hall–Kier alpha value is -0.610. The van der Waals surface area contributed by atoms with Crippen molar-refractivity contribution in [2.24, 2.45) is 5.92 Å². The maximum atomic E-state index is 11.8. The van der Waals surface area contributed by atoms with E-state index in [2.05, 4.69) is 4.90 Å². The Labute approximate surface area is 104 Å². The average molecular weight is 240 g/mol. The highest BCUT2D eigenvalue weighted by Gasteiger charge is 2.38. The molecule has 0 aromatic carbocycles. The van der Waals surface area contributed by atoms with Gasteiger partial charge in [0.05, 0.1) is 12.6 Å². The van der Waals surface area contributed by atoms with Crippen LogP contribution in [0.1, 0.15) is 32.1 Å². The molecule has 17 heavy (non-hydrogen) atoms. The summed E-state index contributed by atoms with van der Waals surface area (Å²) in [4.78, 5) is 15.7. The topological polar surface area (TPSA) is 43.8 Å². The van der Waals surface area contributed by atoms with Crippen LogP contribution in [0.15, 0.2) is 0 Å². The van der Waals surface area contributed by atoms with E-state index in [-0.39, 0.29) is 12.0 Å². The molecule has 4 heteroatoms. The Morgan fingerprint density at radius 3 is 2.65 bits per heavy atom. The summed E-state index contributed by atoms with van der Waals surface area (Å²) in [7, 11) is 3.61. The third-order valence-corrected chi connectivity index (χ3v) is 4.28. The number of carbonyl (C=O) groups is 1. The predicted octanol–water partition coefficient (Wildman–Crippen LogP) is 0.700. The Balaban J connectivity index is 1.95. The summed E-state index contributed by atoms with van der Waals surface area (Å²) < 4.78 is 0. The molecule has 0 radical (unpaired) electrons. The minimum atomic E-state index is -0.143. The van der Waals surface area contributed by atoms with Crippen LogP contribution < -0.4 is 0 Å². The Kier molecular flexibility index (Phi) is 4.05. The molecular formula is C13H24N2O2. The van der Waals surface area contributed by atoms with Crippen LogP contribution >= 0.6 is 0 Å². The zero-order valence-electron chi connectivity index (χ0n) is 10.9. The molecular weight excluding hydrogens is 216 g/mol. The Morgan fingerprint density at radius 1 is 1.29 bits per heavy atom. The number of likely N-dealkylation sites (tertiary alicyclic amines) is 1. The minimum Gasteiger partial charge on any atom is -0.393 e. The van der Waals surface area contributed by atoms with Gasteiger partial charge in [-0.3, -0.25) is 9.69 Å². The van der Waals surface area contributed by atoms with Gasteiger partial charge in [0.25, 0.3) is 0 Å². The van der Waals surface area contributed by atoms with Crippen LogP contribution in [0.3, 0.4) is 0 Å². The quantitative estimate of drug-likeness (QED) is 0.790. The molecule has 1 saturated heterocycles.